The number of hydrogen-bond donors (Lipinski definition) is 2. The number of nitrogens with two attached hydrogens (primary N) is 1. The topological polar surface area (TPSA) is 55.1 Å². The molecule has 0 aromatic carbocycles. The van der Waals surface area contributed by atoms with Gasteiger partial charge in [0.1, 0.15) is 0 Å². The Labute approximate surface area is 91.8 Å². The highest BCUT2D eigenvalue weighted by Crippen LogP contribution is 2.49. The maximum Gasteiger partial charge on any atom is 0.220 e. The lowest BCUT2D eigenvalue weighted by Gasteiger charge is -2.21. The first-order valence-corrected chi connectivity index (χ1v) is 6.18. The largest absolute Gasteiger partial charge is 0.352 e. The van der Waals surface area contributed by atoms with E-state index in [9.17, 15) is 4.79 Å². The Kier molecular flexibility index (Phi) is 3.29. The van der Waals surface area contributed by atoms with Crippen molar-refractivity contribution in [3.63, 3.8) is 0 Å². The summed E-state index contributed by atoms with van der Waals surface area (Å²) in [6.45, 7) is 2.49. The lowest BCUT2D eigenvalue weighted by Crippen LogP contribution is -2.38. The van der Waals surface area contributed by atoms with E-state index in [-0.39, 0.29) is 11.9 Å². The zero-order valence-electron chi connectivity index (χ0n) is 9.54. The lowest BCUT2D eigenvalue weighted by atomic mass is 9.86. The Balaban J connectivity index is 1.75. The predicted molar refractivity (Wildman–Crippen MR) is 60.2 cm³/mol. The highest BCUT2D eigenvalue weighted by Gasteiger charge is 2.40. The van der Waals surface area contributed by atoms with Gasteiger partial charge in [-0.05, 0) is 43.9 Å². The molecule has 0 heterocycles. The second-order valence-electron chi connectivity index (χ2n) is 5.34. The molecule has 2 rings (SSSR count). The molecule has 3 nitrogen and oxygen atoms in total. The van der Waals surface area contributed by atoms with E-state index in [1.54, 1.807) is 0 Å². The standard InChI is InChI=1S/C12H22N2O/c1-8(7-13)14-12(15)6-11-5-9-2-3-10(11)4-9/h8-11H,2-7,13H2,1H3,(H,14,15)/t8-,9?,10?,11?/m1/s1. The van der Waals surface area contributed by atoms with E-state index in [0.29, 0.717) is 12.5 Å². The second kappa shape index (κ2) is 4.52. The van der Waals surface area contributed by atoms with Crippen LogP contribution >= 0.6 is 0 Å². The van der Waals surface area contributed by atoms with E-state index in [4.69, 9.17) is 5.73 Å². The van der Waals surface area contributed by atoms with Crippen molar-refractivity contribution in [2.45, 2.75) is 45.1 Å². The average Bonchev–Trinajstić information content (AvgIpc) is 2.78. The molecule has 2 fully saturated rings. The van der Waals surface area contributed by atoms with Gasteiger partial charge in [0, 0.05) is 19.0 Å². The fourth-order valence-electron chi connectivity index (χ4n) is 3.26. The molecule has 0 aliphatic heterocycles. The van der Waals surface area contributed by atoms with E-state index in [1.807, 2.05) is 6.92 Å². The van der Waals surface area contributed by atoms with Crippen LogP contribution in [0.4, 0.5) is 0 Å². The van der Waals surface area contributed by atoms with Gasteiger partial charge in [-0.2, -0.15) is 0 Å². The molecule has 4 atom stereocenters. The molecule has 3 heteroatoms. The van der Waals surface area contributed by atoms with Crippen molar-refractivity contribution >= 4 is 5.91 Å². The highest BCUT2D eigenvalue weighted by atomic mass is 16.1. The Hall–Kier alpha value is -0.570. The summed E-state index contributed by atoms with van der Waals surface area (Å²) in [5.41, 5.74) is 5.47. The average molecular weight is 210 g/mol. The van der Waals surface area contributed by atoms with Crippen LogP contribution in [0.5, 0.6) is 0 Å². The summed E-state index contributed by atoms with van der Waals surface area (Å²) in [6.07, 6.45) is 6.15. The number of carbonyl (C=O) groups is 1. The van der Waals surface area contributed by atoms with Gasteiger partial charge in [-0.15, -0.1) is 0 Å². The summed E-state index contributed by atoms with van der Waals surface area (Å²) in [6, 6.07) is 0.121. The summed E-state index contributed by atoms with van der Waals surface area (Å²) < 4.78 is 0. The van der Waals surface area contributed by atoms with Gasteiger partial charge in [-0.25, -0.2) is 0 Å². The first-order chi connectivity index (χ1) is 7.19. The van der Waals surface area contributed by atoms with Gasteiger partial charge in [0.25, 0.3) is 0 Å². The molecule has 0 aromatic heterocycles. The zero-order chi connectivity index (χ0) is 10.8. The number of hydrogen-bond acceptors (Lipinski definition) is 2. The van der Waals surface area contributed by atoms with Gasteiger partial charge in [0.05, 0.1) is 0 Å². The third-order valence-electron chi connectivity index (χ3n) is 4.09. The van der Waals surface area contributed by atoms with Gasteiger partial charge in [-0.1, -0.05) is 6.42 Å². The number of nitrogens with one attached hydrogen (secondary N) is 1. The summed E-state index contributed by atoms with van der Waals surface area (Å²) >= 11 is 0. The molecule has 0 radical (unpaired) electrons. The van der Waals surface area contributed by atoms with Crippen LogP contribution in [0, 0.1) is 17.8 Å². The normalized spacial score (nSPS) is 35.5. The Morgan fingerprint density at radius 1 is 1.47 bits per heavy atom. The smallest absolute Gasteiger partial charge is 0.220 e. The minimum Gasteiger partial charge on any atom is -0.352 e. The molecule has 2 saturated carbocycles. The fourth-order valence-corrected chi connectivity index (χ4v) is 3.26. The van der Waals surface area contributed by atoms with Crippen LogP contribution in [0.2, 0.25) is 0 Å². The predicted octanol–water partition coefficient (Wildman–Crippen LogP) is 1.28. The van der Waals surface area contributed by atoms with Gasteiger partial charge in [-0.3, -0.25) is 4.79 Å². The summed E-state index contributed by atoms with van der Waals surface area (Å²) in [5, 5.41) is 2.95. The van der Waals surface area contributed by atoms with E-state index >= 15 is 0 Å². The third kappa shape index (κ3) is 2.51. The molecule has 3 unspecified atom stereocenters. The molecule has 0 spiro atoms. The third-order valence-corrected chi connectivity index (χ3v) is 4.09. The van der Waals surface area contributed by atoms with Crippen molar-refractivity contribution < 1.29 is 4.79 Å². The molecule has 0 aromatic rings. The Bertz CT molecular complexity index is 242. The van der Waals surface area contributed by atoms with E-state index in [1.165, 1.54) is 25.7 Å². The Morgan fingerprint density at radius 2 is 2.27 bits per heavy atom. The molecule has 15 heavy (non-hydrogen) atoms. The number of rotatable bonds is 4. The van der Waals surface area contributed by atoms with Crippen molar-refractivity contribution in [3.05, 3.63) is 0 Å². The van der Waals surface area contributed by atoms with Crippen LogP contribution in [-0.2, 0) is 4.79 Å². The van der Waals surface area contributed by atoms with Crippen LogP contribution in [0.15, 0.2) is 0 Å². The van der Waals surface area contributed by atoms with Crippen LogP contribution in [-0.4, -0.2) is 18.5 Å². The molecule has 3 N–H and O–H groups in total. The van der Waals surface area contributed by atoms with Crippen LogP contribution < -0.4 is 11.1 Å². The first kappa shape index (κ1) is 10.9. The highest BCUT2D eigenvalue weighted by molar-refractivity contribution is 5.76. The molecule has 2 aliphatic rings. The molecule has 86 valence electrons. The van der Waals surface area contributed by atoms with Crippen LogP contribution in [0.3, 0.4) is 0 Å². The van der Waals surface area contributed by atoms with Crippen molar-refractivity contribution in [1.82, 2.24) is 5.32 Å². The molecular weight excluding hydrogens is 188 g/mol. The SMILES string of the molecule is C[C@H](CN)NC(=O)CC1CC2CCC1C2. The monoisotopic (exact) mass is 210 g/mol. The quantitative estimate of drug-likeness (QED) is 0.734. The first-order valence-electron chi connectivity index (χ1n) is 6.18. The molecule has 0 saturated heterocycles. The van der Waals surface area contributed by atoms with E-state index < -0.39 is 0 Å². The van der Waals surface area contributed by atoms with Crippen molar-refractivity contribution in [1.29, 1.82) is 0 Å². The van der Waals surface area contributed by atoms with Crippen molar-refractivity contribution in [2.75, 3.05) is 6.54 Å². The second-order valence-corrected chi connectivity index (χ2v) is 5.34. The maximum absolute atomic E-state index is 11.7. The van der Waals surface area contributed by atoms with Gasteiger partial charge >= 0.3 is 0 Å². The number of carbonyl (C=O) groups excluding carboxylic acids is 1. The van der Waals surface area contributed by atoms with Crippen LogP contribution in [0.1, 0.15) is 39.0 Å². The van der Waals surface area contributed by atoms with Gasteiger partial charge in [0.15, 0.2) is 0 Å². The molecular formula is C12H22N2O. The van der Waals surface area contributed by atoms with Gasteiger partial charge in [0.2, 0.25) is 5.91 Å². The van der Waals surface area contributed by atoms with Crippen molar-refractivity contribution in [2.24, 2.45) is 23.5 Å². The van der Waals surface area contributed by atoms with Crippen LogP contribution in [0.25, 0.3) is 0 Å². The minimum atomic E-state index is 0.121. The fraction of sp³-hybridized carbons (Fsp3) is 0.917. The summed E-state index contributed by atoms with van der Waals surface area (Å²) in [4.78, 5) is 11.7. The van der Waals surface area contributed by atoms with E-state index in [2.05, 4.69) is 5.32 Å². The Morgan fingerprint density at radius 3 is 2.80 bits per heavy atom. The maximum atomic E-state index is 11.7. The van der Waals surface area contributed by atoms with Gasteiger partial charge < -0.3 is 11.1 Å². The minimum absolute atomic E-state index is 0.121. The number of amides is 1. The van der Waals surface area contributed by atoms with Crippen molar-refractivity contribution in [3.8, 4) is 0 Å². The summed E-state index contributed by atoms with van der Waals surface area (Å²) in [7, 11) is 0. The van der Waals surface area contributed by atoms with E-state index in [0.717, 1.165) is 18.3 Å². The zero-order valence-corrected chi connectivity index (χ0v) is 9.54. The molecule has 1 amide bonds. The summed E-state index contributed by atoms with van der Waals surface area (Å²) in [5.74, 6) is 2.63. The number of fused-ring (bicyclic) bond motifs is 2. The lowest BCUT2D eigenvalue weighted by molar-refractivity contribution is -0.122. The molecule has 2 aliphatic carbocycles. The molecule has 2 bridgehead atoms.